The van der Waals surface area contributed by atoms with Gasteiger partial charge in [0, 0.05) is 11.3 Å². The summed E-state index contributed by atoms with van der Waals surface area (Å²) < 4.78 is 5.67. The monoisotopic (exact) mass is 306 g/mol. The van der Waals surface area contributed by atoms with Crippen molar-refractivity contribution in [1.29, 1.82) is 0 Å². The minimum atomic E-state index is -0.138. The van der Waals surface area contributed by atoms with E-state index in [1.807, 2.05) is 19.1 Å². The first-order valence-electron chi connectivity index (χ1n) is 6.76. The van der Waals surface area contributed by atoms with Gasteiger partial charge in [0.25, 0.3) is 0 Å². The molecule has 2 aromatic rings. The Bertz CT molecular complexity index is 618. The Balaban J connectivity index is 2.02. The van der Waals surface area contributed by atoms with Crippen molar-refractivity contribution < 1.29 is 19.7 Å². The molecule has 21 heavy (non-hydrogen) atoms. The van der Waals surface area contributed by atoms with Gasteiger partial charge in [-0.25, -0.2) is 0 Å². The minimum Gasteiger partial charge on any atom is -0.488 e. The second-order valence-electron chi connectivity index (χ2n) is 4.58. The number of aliphatic hydroxyl groups excluding tert-OH is 2. The number of carbonyl (C=O) groups excluding carboxylic acids is 1. The Morgan fingerprint density at radius 3 is 2.57 bits per heavy atom. The first-order chi connectivity index (χ1) is 10.2. The number of aliphatic hydroxyl groups is 2. The first kappa shape index (κ1) is 15.7. The molecule has 0 spiro atoms. The molecule has 5 heteroatoms. The first-order valence-corrected chi connectivity index (χ1v) is 7.57. The van der Waals surface area contributed by atoms with Crippen LogP contribution in [0.3, 0.4) is 0 Å². The minimum absolute atomic E-state index is 0.108. The van der Waals surface area contributed by atoms with Gasteiger partial charge in [0.05, 0.1) is 18.1 Å². The standard InChI is InChI=1S/C16H18O4S/c1-2-15(19)16-6-5-14(21-16)10-20-13-4-3-11(8-17)12(7-13)9-18/h3-7,17-18H,2,8-10H2,1H3. The van der Waals surface area contributed by atoms with Crippen molar-refractivity contribution in [1.82, 2.24) is 0 Å². The van der Waals surface area contributed by atoms with Gasteiger partial charge < -0.3 is 14.9 Å². The summed E-state index contributed by atoms with van der Waals surface area (Å²) in [6.45, 7) is 1.98. The van der Waals surface area contributed by atoms with Gasteiger partial charge in [-0.05, 0) is 35.4 Å². The lowest BCUT2D eigenvalue weighted by molar-refractivity contribution is 0.0992. The Morgan fingerprint density at radius 1 is 1.14 bits per heavy atom. The van der Waals surface area contributed by atoms with Crippen molar-refractivity contribution in [2.24, 2.45) is 0 Å². The van der Waals surface area contributed by atoms with E-state index in [4.69, 9.17) is 9.84 Å². The van der Waals surface area contributed by atoms with Crippen LogP contribution in [-0.4, -0.2) is 16.0 Å². The van der Waals surface area contributed by atoms with Gasteiger partial charge in [0.2, 0.25) is 0 Å². The van der Waals surface area contributed by atoms with E-state index in [-0.39, 0.29) is 19.0 Å². The topological polar surface area (TPSA) is 66.8 Å². The molecule has 0 unspecified atom stereocenters. The largest absolute Gasteiger partial charge is 0.488 e. The molecule has 1 heterocycles. The molecule has 2 rings (SSSR count). The molecule has 1 aromatic heterocycles. The highest BCUT2D eigenvalue weighted by Crippen LogP contribution is 2.22. The Kier molecular flexibility index (Phi) is 5.50. The van der Waals surface area contributed by atoms with Crippen LogP contribution in [0.5, 0.6) is 5.75 Å². The molecule has 2 N–H and O–H groups in total. The van der Waals surface area contributed by atoms with Crippen molar-refractivity contribution in [3.05, 3.63) is 51.2 Å². The average Bonchev–Trinajstić information content (AvgIpc) is 3.00. The lowest BCUT2D eigenvalue weighted by atomic mass is 10.1. The van der Waals surface area contributed by atoms with E-state index in [1.165, 1.54) is 11.3 Å². The van der Waals surface area contributed by atoms with E-state index in [9.17, 15) is 9.90 Å². The van der Waals surface area contributed by atoms with Crippen molar-refractivity contribution in [3.8, 4) is 5.75 Å². The summed E-state index contributed by atoms with van der Waals surface area (Å²) in [5.74, 6) is 0.772. The zero-order chi connectivity index (χ0) is 15.2. The van der Waals surface area contributed by atoms with Crippen LogP contribution in [0.1, 0.15) is 39.0 Å². The van der Waals surface area contributed by atoms with Crippen LogP contribution in [0, 0.1) is 0 Å². The lowest BCUT2D eigenvalue weighted by Crippen LogP contribution is -1.97. The molecular formula is C16H18O4S. The predicted octanol–water partition coefficient (Wildman–Crippen LogP) is 2.90. The van der Waals surface area contributed by atoms with Crippen molar-refractivity contribution >= 4 is 17.1 Å². The summed E-state index contributed by atoms with van der Waals surface area (Å²) in [7, 11) is 0. The Labute approximate surface area is 127 Å². The maximum Gasteiger partial charge on any atom is 0.172 e. The maximum absolute atomic E-state index is 11.6. The third-order valence-corrected chi connectivity index (χ3v) is 4.26. The number of ether oxygens (including phenoxy) is 1. The molecule has 0 bridgehead atoms. The van der Waals surface area contributed by atoms with Gasteiger partial charge in [-0.3, -0.25) is 4.79 Å². The third kappa shape index (κ3) is 3.91. The SMILES string of the molecule is CCC(=O)c1ccc(COc2ccc(CO)c(CO)c2)s1. The van der Waals surface area contributed by atoms with Gasteiger partial charge in [0.15, 0.2) is 5.78 Å². The quantitative estimate of drug-likeness (QED) is 0.772. The van der Waals surface area contributed by atoms with E-state index in [0.717, 1.165) is 9.75 Å². The molecule has 0 aliphatic heterocycles. The van der Waals surface area contributed by atoms with E-state index in [2.05, 4.69) is 0 Å². The average molecular weight is 306 g/mol. The highest BCUT2D eigenvalue weighted by atomic mass is 32.1. The van der Waals surface area contributed by atoms with Crippen LogP contribution in [0.15, 0.2) is 30.3 Å². The fourth-order valence-electron chi connectivity index (χ4n) is 1.93. The number of rotatable bonds is 7. The zero-order valence-electron chi connectivity index (χ0n) is 11.8. The van der Waals surface area contributed by atoms with Crippen molar-refractivity contribution in [2.75, 3.05) is 0 Å². The molecule has 0 amide bonds. The van der Waals surface area contributed by atoms with Crippen molar-refractivity contribution in [3.63, 3.8) is 0 Å². The van der Waals surface area contributed by atoms with Gasteiger partial charge in [0.1, 0.15) is 12.4 Å². The number of benzene rings is 1. The van der Waals surface area contributed by atoms with Crippen LogP contribution in [-0.2, 0) is 19.8 Å². The summed E-state index contributed by atoms with van der Waals surface area (Å²) >= 11 is 1.44. The van der Waals surface area contributed by atoms with Crippen molar-refractivity contribution in [2.45, 2.75) is 33.2 Å². The van der Waals surface area contributed by atoms with Crippen LogP contribution in [0.25, 0.3) is 0 Å². The van der Waals surface area contributed by atoms with Gasteiger partial charge in [-0.15, -0.1) is 11.3 Å². The maximum atomic E-state index is 11.6. The highest BCUT2D eigenvalue weighted by Gasteiger charge is 2.08. The Morgan fingerprint density at radius 2 is 1.90 bits per heavy atom. The van der Waals surface area contributed by atoms with E-state index in [0.29, 0.717) is 29.9 Å². The molecular weight excluding hydrogens is 288 g/mol. The van der Waals surface area contributed by atoms with E-state index < -0.39 is 0 Å². The van der Waals surface area contributed by atoms with Crippen LogP contribution >= 0.6 is 11.3 Å². The molecule has 0 atom stereocenters. The van der Waals surface area contributed by atoms with E-state index in [1.54, 1.807) is 18.2 Å². The van der Waals surface area contributed by atoms with Crippen LogP contribution in [0.4, 0.5) is 0 Å². The number of hydrogen-bond donors (Lipinski definition) is 2. The number of thiophene rings is 1. The molecule has 112 valence electrons. The molecule has 0 radical (unpaired) electrons. The molecule has 0 saturated carbocycles. The number of ketones is 1. The molecule has 0 fully saturated rings. The zero-order valence-corrected chi connectivity index (χ0v) is 12.7. The number of Topliss-reactive ketones (excluding diaryl/α,β-unsaturated/α-hetero) is 1. The summed E-state index contributed by atoms with van der Waals surface area (Å²) in [4.78, 5) is 13.3. The number of carbonyl (C=O) groups is 1. The lowest BCUT2D eigenvalue weighted by Gasteiger charge is -2.09. The van der Waals surface area contributed by atoms with Gasteiger partial charge in [-0.2, -0.15) is 0 Å². The second kappa shape index (κ2) is 7.36. The molecule has 1 aromatic carbocycles. The second-order valence-corrected chi connectivity index (χ2v) is 5.75. The van der Waals surface area contributed by atoms with Gasteiger partial charge >= 0.3 is 0 Å². The summed E-state index contributed by atoms with van der Waals surface area (Å²) in [6.07, 6.45) is 0.503. The van der Waals surface area contributed by atoms with E-state index >= 15 is 0 Å². The van der Waals surface area contributed by atoms with Crippen LogP contribution < -0.4 is 4.74 Å². The fourth-order valence-corrected chi connectivity index (χ4v) is 2.86. The molecule has 0 aliphatic carbocycles. The molecule has 4 nitrogen and oxygen atoms in total. The smallest absolute Gasteiger partial charge is 0.172 e. The summed E-state index contributed by atoms with van der Waals surface area (Å²) in [6, 6.07) is 8.93. The normalized spacial score (nSPS) is 10.6. The Hall–Kier alpha value is -1.69. The van der Waals surface area contributed by atoms with Crippen LogP contribution in [0.2, 0.25) is 0 Å². The van der Waals surface area contributed by atoms with Gasteiger partial charge in [-0.1, -0.05) is 13.0 Å². The number of hydrogen-bond acceptors (Lipinski definition) is 5. The summed E-state index contributed by atoms with van der Waals surface area (Å²) in [5, 5.41) is 18.4. The third-order valence-electron chi connectivity index (χ3n) is 3.16. The fraction of sp³-hybridized carbons (Fsp3) is 0.312. The molecule has 0 aliphatic rings. The summed E-state index contributed by atoms with van der Waals surface area (Å²) in [5.41, 5.74) is 1.35. The molecule has 0 saturated heterocycles. The highest BCUT2D eigenvalue weighted by molar-refractivity contribution is 7.14. The predicted molar refractivity (Wildman–Crippen MR) is 81.6 cm³/mol.